The van der Waals surface area contributed by atoms with Crippen LogP contribution in [0.1, 0.15) is 5.56 Å². The number of pyridine rings is 1. The standard InChI is InChI=1S/C9H12F2N2O/c1-14-8-5-6(2-3-13-8)4-7(12)9(10)11/h2-3,5,7,9H,4,12H2,1H3. The number of methoxy groups -OCH3 is 1. The Labute approximate surface area is 80.9 Å². The van der Waals surface area contributed by atoms with Crippen LogP contribution in [0.3, 0.4) is 0 Å². The lowest BCUT2D eigenvalue weighted by Crippen LogP contribution is -2.30. The molecule has 0 amide bonds. The van der Waals surface area contributed by atoms with E-state index in [0.29, 0.717) is 11.4 Å². The van der Waals surface area contributed by atoms with Crippen LogP contribution in [0.4, 0.5) is 8.78 Å². The van der Waals surface area contributed by atoms with Gasteiger partial charge < -0.3 is 10.5 Å². The van der Waals surface area contributed by atoms with E-state index in [4.69, 9.17) is 10.5 Å². The van der Waals surface area contributed by atoms with E-state index < -0.39 is 12.5 Å². The second-order valence-corrected chi connectivity index (χ2v) is 2.91. The summed E-state index contributed by atoms with van der Waals surface area (Å²) in [4.78, 5) is 3.86. The molecule has 1 aromatic heterocycles. The molecule has 14 heavy (non-hydrogen) atoms. The molecule has 0 saturated carbocycles. The topological polar surface area (TPSA) is 48.1 Å². The van der Waals surface area contributed by atoms with Crippen LogP contribution in [0.25, 0.3) is 0 Å². The average molecular weight is 202 g/mol. The number of nitrogens with zero attached hydrogens (tertiary/aromatic N) is 1. The maximum absolute atomic E-state index is 12.1. The number of alkyl halides is 2. The molecule has 2 N–H and O–H groups in total. The summed E-state index contributed by atoms with van der Waals surface area (Å²) in [5, 5.41) is 0. The Morgan fingerprint density at radius 2 is 2.29 bits per heavy atom. The molecule has 5 heteroatoms. The largest absolute Gasteiger partial charge is 0.481 e. The zero-order chi connectivity index (χ0) is 10.6. The third-order valence-electron chi connectivity index (χ3n) is 1.80. The van der Waals surface area contributed by atoms with E-state index in [0.717, 1.165) is 0 Å². The molecule has 0 aliphatic rings. The zero-order valence-electron chi connectivity index (χ0n) is 7.78. The van der Waals surface area contributed by atoms with Gasteiger partial charge in [-0.15, -0.1) is 0 Å². The highest BCUT2D eigenvalue weighted by Gasteiger charge is 2.15. The van der Waals surface area contributed by atoms with Gasteiger partial charge in [-0.2, -0.15) is 0 Å². The Balaban J connectivity index is 2.66. The molecule has 0 aliphatic heterocycles. The molecule has 0 saturated heterocycles. The van der Waals surface area contributed by atoms with Crippen molar-refractivity contribution in [3.05, 3.63) is 23.9 Å². The van der Waals surface area contributed by atoms with Gasteiger partial charge in [0.1, 0.15) is 0 Å². The first-order valence-corrected chi connectivity index (χ1v) is 4.16. The maximum atomic E-state index is 12.1. The third kappa shape index (κ3) is 2.92. The summed E-state index contributed by atoms with van der Waals surface area (Å²) in [6.45, 7) is 0. The second kappa shape index (κ2) is 4.85. The Kier molecular flexibility index (Phi) is 3.76. The number of halogens is 2. The van der Waals surface area contributed by atoms with Crippen LogP contribution in [0.2, 0.25) is 0 Å². The molecular formula is C9H12F2N2O. The summed E-state index contributed by atoms with van der Waals surface area (Å²) >= 11 is 0. The van der Waals surface area contributed by atoms with Gasteiger partial charge in [-0.25, -0.2) is 13.8 Å². The molecule has 0 radical (unpaired) electrons. The van der Waals surface area contributed by atoms with Crippen molar-refractivity contribution in [2.45, 2.75) is 18.9 Å². The zero-order valence-corrected chi connectivity index (χ0v) is 7.78. The monoisotopic (exact) mass is 202 g/mol. The summed E-state index contributed by atoms with van der Waals surface area (Å²) in [6, 6.07) is 2.11. The van der Waals surface area contributed by atoms with Crippen molar-refractivity contribution in [2.75, 3.05) is 7.11 Å². The fourth-order valence-corrected chi connectivity index (χ4v) is 1.05. The molecule has 1 aromatic rings. The Bertz CT molecular complexity index is 294. The fourth-order valence-electron chi connectivity index (χ4n) is 1.05. The normalized spacial score (nSPS) is 12.9. The summed E-state index contributed by atoms with van der Waals surface area (Å²) in [6.07, 6.45) is -0.878. The van der Waals surface area contributed by atoms with Crippen LogP contribution in [-0.2, 0) is 6.42 Å². The highest BCUT2D eigenvalue weighted by atomic mass is 19.3. The van der Waals surface area contributed by atoms with Crippen molar-refractivity contribution < 1.29 is 13.5 Å². The van der Waals surface area contributed by atoms with E-state index in [9.17, 15) is 8.78 Å². The minimum Gasteiger partial charge on any atom is -0.481 e. The van der Waals surface area contributed by atoms with Gasteiger partial charge in [-0.3, -0.25) is 0 Å². The Hall–Kier alpha value is -1.23. The number of ether oxygens (including phenoxy) is 1. The van der Waals surface area contributed by atoms with Crippen LogP contribution >= 0.6 is 0 Å². The molecule has 78 valence electrons. The van der Waals surface area contributed by atoms with Crippen molar-refractivity contribution in [1.82, 2.24) is 4.98 Å². The SMILES string of the molecule is COc1cc(CC(N)C(F)F)ccn1. The van der Waals surface area contributed by atoms with E-state index in [1.807, 2.05) is 0 Å². The first kappa shape index (κ1) is 10.8. The number of aromatic nitrogens is 1. The van der Waals surface area contributed by atoms with E-state index in [-0.39, 0.29) is 6.42 Å². The molecule has 0 aromatic carbocycles. The van der Waals surface area contributed by atoms with Crippen LogP contribution in [0.15, 0.2) is 18.3 Å². The van der Waals surface area contributed by atoms with Gasteiger partial charge in [-0.05, 0) is 18.1 Å². The van der Waals surface area contributed by atoms with Crippen molar-refractivity contribution in [1.29, 1.82) is 0 Å². The number of hydrogen-bond acceptors (Lipinski definition) is 3. The quantitative estimate of drug-likeness (QED) is 0.798. The number of nitrogens with two attached hydrogens (primary N) is 1. The molecule has 0 fully saturated rings. The van der Waals surface area contributed by atoms with Gasteiger partial charge in [0.15, 0.2) is 0 Å². The minimum atomic E-state index is -2.51. The smallest absolute Gasteiger partial charge is 0.253 e. The summed E-state index contributed by atoms with van der Waals surface area (Å²) in [7, 11) is 1.47. The summed E-state index contributed by atoms with van der Waals surface area (Å²) in [5.74, 6) is 0.406. The van der Waals surface area contributed by atoms with E-state index in [1.54, 1.807) is 12.1 Å². The lowest BCUT2D eigenvalue weighted by Gasteiger charge is -2.10. The third-order valence-corrected chi connectivity index (χ3v) is 1.80. The molecule has 0 bridgehead atoms. The minimum absolute atomic E-state index is 0.122. The highest BCUT2D eigenvalue weighted by molar-refractivity contribution is 5.21. The second-order valence-electron chi connectivity index (χ2n) is 2.91. The van der Waals surface area contributed by atoms with Gasteiger partial charge in [0.2, 0.25) is 5.88 Å². The lowest BCUT2D eigenvalue weighted by molar-refractivity contribution is 0.116. The molecule has 3 nitrogen and oxygen atoms in total. The molecule has 1 heterocycles. The first-order valence-electron chi connectivity index (χ1n) is 4.16. The highest BCUT2D eigenvalue weighted by Crippen LogP contribution is 2.12. The first-order chi connectivity index (χ1) is 6.63. The maximum Gasteiger partial charge on any atom is 0.253 e. The van der Waals surface area contributed by atoms with Gasteiger partial charge >= 0.3 is 0 Å². The molecule has 1 atom stereocenters. The molecule has 1 unspecified atom stereocenters. The van der Waals surface area contributed by atoms with Gasteiger partial charge in [0.25, 0.3) is 6.43 Å². The van der Waals surface area contributed by atoms with Gasteiger partial charge in [-0.1, -0.05) is 0 Å². The number of rotatable bonds is 4. The molecular weight excluding hydrogens is 190 g/mol. The van der Waals surface area contributed by atoms with E-state index in [2.05, 4.69) is 4.98 Å². The van der Waals surface area contributed by atoms with Crippen molar-refractivity contribution in [3.63, 3.8) is 0 Å². The number of hydrogen-bond donors (Lipinski definition) is 1. The Morgan fingerprint density at radius 3 is 2.86 bits per heavy atom. The van der Waals surface area contributed by atoms with Gasteiger partial charge in [0.05, 0.1) is 13.2 Å². The van der Waals surface area contributed by atoms with Crippen LogP contribution < -0.4 is 10.5 Å². The predicted molar refractivity (Wildman–Crippen MR) is 48.5 cm³/mol. The average Bonchev–Trinajstić information content (AvgIpc) is 2.18. The van der Waals surface area contributed by atoms with Crippen LogP contribution in [0, 0.1) is 0 Å². The lowest BCUT2D eigenvalue weighted by atomic mass is 10.1. The Morgan fingerprint density at radius 1 is 1.57 bits per heavy atom. The molecule has 0 aliphatic carbocycles. The molecule has 0 spiro atoms. The summed E-state index contributed by atoms with van der Waals surface area (Å²) < 4.78 is 29.1. The summed E-state index contributed by atoms with van der Waals surface area (Å²) in [5.41, 5.74) is 5.93. The fraction of sp³-hybridized carbons (Fsp3) is 0.444. The van der Waals surface area contributed by atoms with Crippen molar-refractivity contribution in [2.24, 2.45) is 5.73 Å². The van der Waals surface area contributed by atoms with Crippen molar-refractivity contribution >= 4 is 0 Å². The van der Waals surface area contributed by atoms with Crippen LogP contribution in [0.5, 0.6) is 5.88 Å². The van der Waals surface area contributed by atoms with Gasteiger partial charge in [0, 0.05) is 12.3 Å². The van der Waals surface area contributed by atoms with E-state index in [1.165, 1.54) is 13.3 Å². The van der Waals surface area contributed by atoms with E-state index >= 15 is 0 Å². The molecule has 1 rings (SSSR count). The van der Waals surface area contributed by atoms with Crippen LogP contribution in [-0.4, -0.2) is 24.6 Å². The predicted octanol–water partition coefficient (Wildman–Crippen LogP) is 1.23. The van der Waals surface area contributed by atoms with Crippen molar-refractivity contribution in [3.8, 4) is 5.88 Å².